The maximum absolute atomic E-state index is 11.4. The first-order valence-corrected chi connectivity index (χ1v) is 4.66. The van der Waals surface area contributed by atoms with Crippen LogP contribution in [0.4, 0.5) is 0 Å². The van der Waals surface area contributed by atoms with Crippen LogP contribution >= 0.6 is 0 Å². The van der Waals surface area contributed by atoms with Crippen LogP contribution in [0.15, 0.2) is 30.3 Å². The van der Waals surface area contributed by atoms with Crippen LogP contribution in [-0.4, -0.2) is 17.7 Å². The molecule has 0 aliphatic carbocycles. The summed E-state index contributed by atoms with van der Waals surface area (Å²) in [5, 5.41) is 0. The van der Waals surface area contributed by atoms with Crippen molar-refractivity contribution in [3.05, 3.63) is 35.9 Å². The molecule has 2 aliphatic rings. The lowest BCUT2D eigenvalue weighted by Crippen LogP contribution is -2.17. The number of benzene rings is 1. The number of carbonyl (C=O) groups excluding carboxylic acids is 1. The molecule has 3 nitrogen and oxygen atoms in total. The average Bonchev–Trinajstić information content (AvgIpc) is 2.83. The summed E-state index contributed by atoms with van der Waals surface area (Å²) in [6.07, 6.45) is -0.300. The quantitative estimate of drug-likeness (QED) is 0.497. The standard InChI is InChI=1S/C11H10O3/c1-11-9(14-11)8(13-10(11)12)7-5-3-2-4-6-7/h2-6,8-9H,1H3/t8-,9-,11-/m1/s1. The summed E-state index contributed by atoms with van der Waals surface area (Å²) >= 11 is 0. The summed E-state index contributed by atoms with van der Waals surface area (Å²) in [7, 11) is 0. The van der Waals surface area contributed by atoms with Gasteiger partial charge < -0.3 is 9.47 Å². The molecule has 3 atom stereocenters. The lowest BCUT2D eigenvalue weighted by molar-refractivity contribution is -0.153. The summed E-state index contributed by atoms with van der Waals surface area (Å²) in [6, 6.07) is 9.70. The first-order valence-electron chi connectivity index (χ1n) is 4.66. The molecular formula is C11H10O3. The minimum absolute atomic E-state index is 0.0857. The summed E-state index contributed by atoms with van der Waals surface area (Å²) in [5.74, 6) is -0.239. The van der Waals surface area contributed by atoms with Crippen molar-refractivity contribution in [2.75, 3.05) is 0 Å². The van der Waals surface area contributed by atoms with Crippen molar-refractivity contribution in [2.45, 2.75) is 24.7 Å². The summed E-state index contributed by atoms with van der Waals surface area (Å²) in [6.45, 7) is 1.78. The predicted octanol–water partition coefficient (Wildman–Crippen LogP) is 1.44. The Morgan fingerprint density at radius 1 is 1.29 bits per heavy atom. The van der Waals surface area contributed by atoms with E-state index in [2.05, 4.69) is 0 Å². The second kappa shape index (κ2) is 2.36. The van der Waals surface area contributed by atoms with Crippen LogP contribution in [0.1, 0.15) is 18.6 Å². The monoisotopic (exact) mass is 190 g/mol. The topological polar surface area (TPSA) is 38.8 Å². The second-order valence-corrected chi connectivity index (χ2v) is 3.88. The first kappa shape index (κ1) is 8.00. The molecule has 0 bridgehead atoms. The van der Waals surface area contributed by atoms with Crippen LogP contribution in [0.25, 0.3) is 0 Å². The molecule has 2 fully saturated rings. The van der Waals surface area contributed by atoms with Crippen LogP contribution in [0.2, 0.25) is 0 Å². The van der Waals surface area contributed by atoms with Gasteiger partial charge in [0.2, 0.25) is 0 Å². The van der Waals surface area contributed by atoms with Crippen molar-refractivity contribution in [1.29, 1.82) is 0 Å². The van der Waals surface area contributed by atoms with E-state index >= 15 is 0 Å². The lowest BCUT2D eigenvalue weighted by atomic mass is 10.0. The average molecular weight is 190 g/mol. The van der Waals surface area contributed by atoms with Gasteiger partial charge in [0.25, 0.3) is 0 Å². The molecule has 0 aromatic heterocycles. The van der Waals surface area contributed by atoms with Gasteiger partial charge >= 0.3 is 5.97 Å². The van der Waals surface area contributed by atoms with E-state index in [0.717, 1.165) is 5.56 Å². The smallest absolute Gasteiger partial charge is 0.341 e. The highest BCUT2D eigenvalue weighted by atomic mass is 16.7. The van der Waals surface area contributed by atoms with Crippen LogP contribution < -0.4 is 0 Å². The van der Waals surface area contributed by atoms with Gasteiger partial charge in [-0.25, -0.2) is 4.79 Å². The van der Waals surface area contributed by atoms with Crippen molar-refractivity contribution in [3.63, 3.8) is 0 Å². The SMILES string of the molecule is C[C@@]12O[C@@H]1[C@@H](c1ccccc1)OC2=O. The molecule has 3 heteroatoms. The molecule has 3 rings (SSSR count). The first-order chi connectivity index (χ1) is 6.72. The van der Waals surface area contributed by atoms with Gasteiger partial charge in [0, 0.05) is 0 Å². The van der Waals surface area contributed by atoms with Gasteiger partial charge in [-0.1, -0.05) is 30.3 Å². The number of cyclic esters (lactones) is 1. The van der Waals surface area contributed by atoms with Crippen molar-refractivity contribution in [2.24, 2.45) is 0 Å². The minimum Gasteiger partial charge on any atom is -0.452 e. The maximum atomic E-state index is 11.4. The maximum Gasteiger partial charge on any atom is 0.341 e. The Morgan fingerprint density at radius 2 is 2.00 bits per heavy atom. The third-order valence-electron chi connectivity index (χ3n) is 2.90. The number of hydrogen-bond acceptors (Lipinski definition) is 3. The molecule has 0 amide bonds. The van der Waals surface area contributed by atoms with Crippen molar-refractivity contribution >= 4 is 5.97 Å². The Kier molecular flexibility index (Phi) is 1.35. The van der Waals surface area contributed by atoms with Crippen molar-refractivity contribution < 1.29 is 14.3 Å². The predicted molar refractivity (Wildman–Crippen MR) is 48.6 cm³/mol. The van der Waals surface area contributed by atoms with Gasteiger partial charge in [-0.05, 0) is 12.5 Å². The molecule has 0 saturated carbocycles. The number of esters is 1. The molecule has 72 valence electrons. The molecule has 0 radical (unpaired) electrons. The Labute approximate surface area is 81.6 Å². The molecule has 2 aliphatic heterocycles. The highest BCUT2D eigenvalue weighted by Crippen LogP contribution is 2.52. The van der Waals surface area contributed by atoms with Crippen molar-refractivity contribution in [1.82, 2.24) is 0 Å². The highest BCUT2D eigenvalue weighted by Gasteiger charge is 2.70. The number of carbonyl (C=O) groups is 1. The largest absolute Gasteiger partial charge is 0.452 e. The third kappa shape index (κ3) is 0.876. The van der Waals surface area contributed by atoms with Gasteiger partial charge in [0.1, 0.15) is 6.10 Å². The molecule has 1 aromatic rings. The second-order valence-electron chi connectivity index (χ2n) is 3.88. The molecule has 2 heterocycles. The van der Waals surface area contributed by atoms with E-state index in [4.69, 9.17) is 9.47 Å². The summed E-state index contributed by atoms with van der Waals surface area (Å²) in [4.78, 5) is 11.4. The van der Waals surface area contributed by atoms with Crippen molar-refractivity contribution in [3.8, 4) is 0 Å². The summed E-state index contributed by atoms with van der Waals surface area (Å²) in [5.41, 5.74) is 0.340. The zero-order valence-corrected chi connectivity index (χ0v) is 7.77. The van der Waals surface area contributed by atoms with Gasteiger partial charge in [0.05, 0.1) is 0 Å². The Bertz CT molecular complexity index is 387. The number of hydrogen-bond donors (Lipinski definition) is 0. The molecule has 0 unspecified atom stereocenters. The lowest BCUT2D eigenvalue weighted by Gasteiger charge is -2.11. The number of fused-ring (bicyclic) bond motifs is 1. The van der Waals surface area contributed by atoms with E-state index in [1.54, 1.807) is 6.92 Å². The van der Waals surface area contributed by atoms with Crippen LogP contribution in [0.3, 0.4) is 0 Å². The molecule has 0 spiro atoms. The number of ether oxygens (including phenoxy) is 2. The third-order valence-corrected chi connectivity index (χ3v) is 2.90. The molecule has 0 N–H and O–H groups in total. The van der Waals surface area contributed by atoms with E-state index in [1.807, 2.05) is 30.3 Å². The molecule has 2 saturated heterocycles. The Hall–Kier alpha value is -1.35. The zero-order chi connectivity index (χ0) is 9.76. The van der Waals surface area contributed by atoms with E-state index in [9.17, 15) is 4.79 Å². The number of epoxide rings is 1. The highest BCUT2D eigenvalue weighted by molar-refractivity contribution is 5.86. The van der Waals surface area contributed by atoms with E-state index < -0.39 is 5.60 Å². The molecule has 1 aromatic carbocycles. The van der Waals surface area contributed by atoms with E-state index in [1.165, 1.54) is 0 Å². The Morgan fingerprint density at radius 3 is 2.50 bits per heavy atom. The zero-order valence-electron chi connectivity index (χ0n) is 7.77. The van der Waals surface area contributed by atoms with Gasteiger partial charge in [0.15, 0.2) is 11.7 Å². The van der Waals surface area contributed by atoms with Gasteiger partial charge in [-0.3, -0.25) is 0 Å². The fourth-order valence-corrected chi connectivity index (χ4v) is 1.92. The fraction of sp³-hybridized carbons (Fsp3) is 0.364. The Balaban J connectivity index is 1.94. The molecular weight excluding hydrogens is 180 g/mol. The fourth-order valence-electron chi connectivity index (χ4n) is 1.92. The number of rotatable bonds is 1. The van der Waals surface area contributed by atoms with Gasteiger partial charge in [-0.15, -0.1) is 0 Å². The minimum atomic E-state index is -0.666. The van der Waals surface area contributed by atoms with E-state index in [0.29, 0.717) is 0 Å². The van der Waals surface area contributed by atoms with Gasteiger partial charge in [-0.2, -0.15) is 0 Å². The van der Waals surface area contributed by atoms with Crippen LogP contribution in [-0.2, 0) is 14.3 Å². The normalized spacial score (nSPS) is 39.1. The summed E-state index contributed by atoms with van der Waals surface area (Å²) < 4.78 is 10.6. The van der Waals surface area contributed by atoms with Crippen LogP contribution in [0, 0.1) is 0 Å². The van der Waals surface area contributed by atoms with E-state index in [-0.39, 0.29) is 18.2 Å². The van der Waals surface area contributed by atoms with Crippen LogP contribution in [0.5, 0.6) is 0 Å². The molecule has 14 heavy (non-hydrogen) atoms.